The Morgan fingerprint density at radius 2 is 2.00 bits per heavy atom. The van der Waals surface area contributed by atoms with E-state index in [1.165, 1.54) is 0 Å². The van der Waals surface area contributed by atoms with Crippen molar-refractivity contribution in [2.75, 3.05) is 0 Å². The van der Waals surface area contributed by atoms with Gasteiger partial charge in [-0.3, -0.25) is 0 Å². The first kappa shape index (κ1) is 13.9. The van der Waals surface area contributed by atoms with E-state index in [9.17, 15) is 10.1 Å². The number of aromatic nitrogens is 1. The van der Waals surface area contributed by atoms with E-state index in [1.54, 1.807) is 24.3 Å². The second kappa shape index (κ2) is 5.62. The number of hydrogen-bond donors (Lipinski definition) is 1. The van der Waals surface area contributed by atoms with Crippen LogP contribution >= 0.6 is 0 Å². The number of aryl methyl sites for hydroxylation is 2. The van der Waals surface area contributed by atoms with Crippen LogP contribution < -0.4 is 0 Å². The minimum atomic E-state index is -0.931. The van der Waals surface area contributed by atoms with Crippen molar-refractivity contribution in [1.82, 2.24) is 4.57 Å². The maximum atomic E-state index is 10.8. The van der Waals surface area contributed by atoms with Crippen molar-refractivity contribution in [2.24, 2.45) is 0 Å². The van der Waals surface area contributed by atoms with Crippen LogP contribution in [0.15, 0.2) is 30.3 Å². The highest BCUT2D eigenvalue weighted by Crippen LogP contribution is 2.18. The van der Waals surface area contributed by atoms with Crippen molar-refractivity contribution in [3.05, 3.63) is 58.4 Å². The van der Waals surface area contributed by atoms with Crippen molar-refractivity contribution in [1.29, 1.82) is 5.26 Å². The summed E-state index contributed by atoms with van der Waals surface area (Å²) in [6.45, 7) is 4.59. The van der Waals surface area contributed by atoms with E-state index >= 15 is 0 Å². The van der Waals surface area contributed by atoms with E-state index in [0.29, 0.717) is 12.2 Å². The summed E-state index contributed by atoms with van der Waals surface area (Å²) in [6.07, 6.45) is 0.828. The Morgan fingerprint density at radius 1 is 1.35 bits per heavy atom. The minimum absolute atomic E-state index is 0.271. The third kappa shape index (κ3) is 2.57. The van der Waals surface area contributed by atoms with Crippen LogP contribution in [0.5, 0.6) is 0 Å². The van der Waals surface area contributed by atoms with Gasteiger partial charge in [-0.05, 0) is 42.7 Å². The molecule has 0 fully saturated rings. The third-order valence-corrected chi connectivity index (χ3v) is 3.41. The molecule has 0 saturated carbocycles. The molecule has 1 heterocycles. The fourth-order valence-corrected chi connectivity index (χ4v) is 2.29. The fraction of sp³-hybridized carbons (Fsp3) is 0.250. The van der Waals surface area contributed by atoms with Gasteiger partial charge in [0.2, 0.25) is 0 Å². The molecule has 4 nitrogen and oxygen atoms in total. The van der Waals surface area contributed by atoms with Crippen molar-refractivity contribution in [3.63, 3.8) is 0 Å². The fourth-order valence-electron chi connectivity index (χ4n) is 2.29. The zero-order valence-electron chi connectivity index (χ0n) is 11.6. The summed E-state index contributed by atoms with van der Waals surface area (Å²) < 4.78 is 1.97. The molecule has 2 aromatic rings. The maximum Gasteiger partial charge on any atom is 0.335 e. The van der Waals surface area contributed by atoms with Gasteiger partial charge in [-0.2, -0.15) is 5.26 Å². The van der Waals surface area contributed by atoms with Crippen LogP contribution in [0.3, 0.4) is 0 Å². The van der Waals surface area contributed by atoms with Gasteiger partial charge in [0.1, 0.15) is 11.8 Å². The van der Waals surface area contributed by atoms with Gasteiger partial charge < -0.3 is 9.67 Å². The highest BCUT2D eigenvalue weighted by atomic mass is 16.4. The molecule has 0 aliphatic heterocycles. The van der Waals surface area contributed by atoms with Crippen LogP contribution in [0.1, 0.15) is 39.8 Å². The third-order valence-electron chi connectivity index (χ3n) is 3.41. The highest BCUT2D eigenvalue weighted by molar-refractivity contribution is 5.87. The van der Waals surface area contributed by atoms with Crippen LogP contribution in [0.2, 0.25) is 0 Å². The average Bonchev–Trinajstić information content (AvgIpc) is 2.75. The topological polar surface area (TPSA) is 66.0 Å². The molecule has 0 unspecified atom stereocenters. The van der Waals surface area contributed by atoms with Gasteiger partial charge in [-0.25, -0.2) is 4.79 Å². The Morgan fingerprint density at radius 3 is 2.50 bits per heavy atom. The van der Waals surface area contributed by atoms with Crippen LogP contribution in [0.25, 0.3) is 0 Å². The molecule has 1 N–H and O–H groups in total. The Kier molecular flexibility index (Phi) is 3.90. The normalized spacial score (nSPS) is 10.2. The number of carboxylic acid groups (broad SMARTS) is 1. The molecule has 1 aromatic carbocycles. The van der Waals surface area contributed by atoms with Crippen LogP contribution in [0.4, 0.5) is 0 Å². The molecular weight excluding hydrogens is 252 g/mol. The molecule has 0 aliphatic rings. The number of carbonyl (C=O) groups is 1. The molecule has 4 heteroatoms. The summed E-state index contributed by atoms with van der Waals surface area (Å²) in [5.74, 6) is -0.931. The van der Waals surface area contributed by atoms with Gasteiger partial charge in [0.25, 0.3) is 0 Å². The number of nitriles is 1. The lowest BCUT2D eigenvalue weighted by molar-refractivity contribution is 0.0697. The lowest BCUT2D eigenvalue weighted by Gasteiger charge is -2.08. The molecule has 1 aromatic heterocycles. The Balaban J connectivity index is 2.33. The molecule has 0 amide bonds. The van der Waals surface area contributed by atoms with Gasteiger partial charge >= 0.3 is 5.97 Å². The highest BCUT2D eigenvalue weighted by Gasteiger charge is 2.11. The van der Waals surface area contributed by atoms with Crippen LogP contribution in [0, 0.1) is 18.3 Å². The summed E-state index contributed by atoms with van der Waals surface area (Å²) in [7, 11) is 0. The molecule has 2 rings (SSSR count). The predicted octanol–water partition coefficient (Wildman–Crippen LogP) is 2.98. The van der Waals surface area contributed by atoms with Crippen molar-refractivity contribution < 1.29 is 9.90 Å². The van der Waals surface area contributed by atoms with E-state index < -0.39 is 5.97 Å². The van der Waals surface area contributed by atoms with Crippen molar-refractivity contribution in [3.8, 4) is 6.07 Å². The van der Waals surface area contributed by atoms with Gasteiger partial charge in [-0.15, -0.1) is 0 Å². The molecule has 0 aliphatic carbocycles. The number of hydrogen-bond acceptors (Lipinski definition) is 2. The molecule has 0 atom stereocenters. The first-order valence-corrected chi connectivity index (χ1v) is 6.48. The number of rotatable bonds is 4. The van der Waals surface area contributed by atoms with E-state index in [1.807, 2.05) is 24.5 Å². The standard InChI is InChI=1S/C16H16N2O2/c1-3-13-8-11(2)18(15(13)9-17)10-12-4-6-14(7-5-12)16(19)20/h4-8H,3,10H2,1-2H3,(H,19,20). The summed E-state index contributed by atoms with van der Waals surface area (Å²) in [4.78, 5) is 10.8. The molecule has 102 valence electrons. The molecule has 20 heavy (non-hydrogen) atoms. The number of benzene rings is 1. The van der Waals surface area contributed by atoms with Gasteiger partial charge in [0.05, 0.1) is 5.56 Å². The number of aromatic carboxylic acids is 1. The summed E-state index contributed by atoms with van der Waals surface area (Å²) in [5, 5.41) is 18.2. The van der Waals surface area contributed by atoms with Crippen LogP contribution in [-0.4, -0.2) is 15.6 Å². The van der Waals surface area contributed by atoms with E-state index in [2.05, 4.69) is 6.07 Å². The summed E-state index contributed by atoms with van der Waals surface area (Å²) in [5.41, 5.74) is 4.03. The Hall–Kier alpha value is -2.54. The number of carboxylic acids is 1. The van der Waals surface area contributed by atoms with Crippen molar-refractivity contribution in [2.45, 2.75) is 26.8 Å². The smallest absolute Gasteiger partial charge is 0.335 e. The van der Waals surface area contributed by atoms with Crippen LogP contribution in [-0.2, 0) is 13.0 Å². The largest absolute Gasteiger partial charge is 0.478 e. The number of nitrogens with zero attached hydrogens (tertiary/aromatic N) is 2. The predicted molar refractivity (Wildman–Crippen MR) is 75.8 cm³/mol. The molecule has 0 bridgehead atoms. The summed E-state index contributed by atoms with van der Waals surface area (Å²) in [6, 6.07) is 11.0. The Labute approximate surface area is 117 Å². The molecule has 0 saturated heterocycles. The van der Waals surface area contributed by atoms with Crippen molar-refractivity contribution >= 4 is 5.97 Å². The van der Waals surface area contributed by atoms with E-state index in [0.717, 1.165) is 23.2 Å². The van der Waals surface area contributed by atoms with Gasteiger partial charge in [-0.1, -0.05) is 19.1 Å². The lowest BCUT2D eigenvalue weighted by atomic mass is 10.1. The van der Waals surface area contributed by atoms with Gasteiger partial charge in [0.15, 0.2) is 0 Å². The summed E-state index contributed by atoms with van der Waals surface area (Å²) >= 11 is 0. The zero-order chi connectivity index (χ0) is 14.7. The quantitative estimate of drug-likeness (QED) is 0.927. The minimum Gasteiger partial charge on any atom is -0.478 e. The van der Waals surface area contributed by atoms with E-state index in [4.69, 9.17) is 5.11 Å². The molecule has 0 radical (unpaired) electrons. The first-order chi connectivity index (χ1) is 9.56. The SMILES string of the molecule is CCc1cc(C)n(Cc2ccc(C(=O)O)cc2)c1C#N. The zero-order valence-corrected chi connectivity index (χ0v) is 11.6. The monoisotopic (exact) mass is 268 g/mol. The lowest BCUT2D eigenvalue weighted by Crippen LogP contribution is -2.05. The van der Waals surface area contributed by atoms with E-state index in [-0.39, 0.29) is 5.56 Å². The second-order valence-corrected chi connectivity index (χ2v) is 4.71. The second-order valence-electron chi connectivity index (χ2n) is 4.71. The Bertz CT molecular complexity index is 676. The molecular formula is C16H16N2O2. The first-order valence-electron chi connectivity index (χ1n) is 6.48. The maximum absolute atomic E-state index is 10.8. The van der Waals surface area contributed by atoms with Gasteiger partial charge in [0, 0.05) is 12.2 Å². The molecule has 0 spiro atoms. The average molecular weight is 268 g/mol.